The molecule has 0 aromatic heterocycles. The van der Waals surface area contributed by atoms with Gasteiger partial charge in [0.1, 0.15) is 11.6 Å². The summed E-state index contributed by atoms with van der Waals surface area (Å²) in [7, 11) is 1.62. The third kappa shape index (κ3) is 5.54. The number of rotatable bonds is 7. The Morgan fingerprint density at radius 1 is 1.15 bits per heavy atom. The van der Waals surface area contributed by atoms with E-state index in [9.17, 15) is 9.18 Å². The number of carbonyl (C=O) groups excluding carboxylic acids is 1. The molecule has 0 aliphatic carbocycles. The quantitative estimate of drug-likeness (QED) is 0.493. The van der Waals surface area contributed by atoms with Crippen LogP contribution in [0.25, 0.3) is 0 Å². The Morgan fingerprint density at radius 2 is 1.91 bits per heavy atom. The number of nitrogens with zero attached hydrogens (tertiary/aromatic N) is 2. The molecule has 4 rings (SSSR count). The van der Waals surface area contributed by atoms with Gasteiger partial charge in [0.25, 0.3) is 0 Å². The molecule has 7 heteroatoms. The highest BCUT2D eigenvalue weighted by Gasteiger charge is 2.28. The molecule has 1 aliphatic rings. The average Bonchev–Trinajstić information content (AvgIpc) is 3.30. The van der Waals surface area contributed by atoms with Crippen LogP contribution in [0, 0.1) is 19.7 Å². The van der Waals surface area contributed by atoms with E-state index >= 15 is 0 Å². The minimum Gasteiger partial charge on any atom is -0.496 e. The van der Waals surface area contributed by atoms with Crippen LogP contribution >= 0.6 is 0 Å². The number of oxime groups is 1. The van der Waals surface area contributed by atoms with Crippen molar-refractivity contribution in [3.05, 3.63) is 94.8 Å². The third-order valence-corrected chi connectivity index (χ3v) is 5.77. The average molecular weight is 462 g/mol. The first kappa shape index (κ1) is 23.3. The van der Waals surface area contributed by atoms with Crippen molar-refractivity contribution in [2.24, 2.45) is 5.16 Å². The molecule has 3 aromatic rings. The number of para-hydroxylation sites is 1. The van der Waals surface area contributed by atoms with Crippen molar-refractivity contribution in [2.45, 2.75) is 32.9 Å². The molecule has 0 bridgehead atoms. The Morgan fingerprint density at radius 3 is 2.65 bits per heavy atom. The third-order valence-electron chi connectivity index (χ3n) is 5.77. The van der Waals surface area contributed by atoms with E-state index < -0.39 is 0 Å². The second-order valence-electron chi connectivity index (χ2n) is 8.43. The molecule has 1 atom stereocenters. The summed E-state index contributed by atoms with van der Waals surface area (Å²) >= 11 is 0. The molecule has 3 aromatic carbocycles. The number of aryl methyl sites for hydroxylation is 2. The molecule has 1 aliphatic heterocycles. The van der Waals surface area contributed by atoms with Gasteiger partial charge in [-0.05, 0) is 55.3 Å². The lowest BCUT2D eigenvalue weighted by molar-refractivity contribution is 0.0608. The lowest BCUT2D eigenvalue weighted by Crippen LogP contribution is -2.40. The van der Waals surface area contributed by atoms with Gasteiger partial charge in [-0.25, -0.2) is 9.18 Å². The van der Waals surface area contributed by atoms with Crippen LogP contribution in [0.2, 0.25) is 0 Å². The molecule has 0 spiro atoms. The second-order valence-corrected chi connectivity index (χ2v) is 8.43. The molecule has 1 heterocycles. The zero-order chi connectivity index (χ0) is 24.1. The summed E-state index contributed by atoms with van der Waals surface area (Å²) in [5.74, 6) is 0.408. The number of amides is 2. The maximum absolute atomic E-state index is 13.4. The number of methoxy groups -OCH3 is 1. The summed E-state index contributed by atoms with van der Waals surface area (Å²) in [5, 5.41) is 7.27. The van der Waals surface area contributed by atoms with Crippen LogP contribution in [-0.2, 0) is 11.4 Å². The summed E-state index contributed by atoms with van der Waals surface area (Å²) in [6, 6.07) is 19.4. The largest absolute Gasteiger partial charge is 0.496 e. The van der Waals surface area contributed by atoms with Gasteiger partial charge in [-0.1, -0.05) is 47.1 Å². The monoisotopic (exact) mass is 461 g/mol. The van der Waals surface area contributed by atoms with E-state index in [4.69, 9.17) is 9.57 Å². The van der Waals surface area contributed by atoms with Gasteiger partial charge in [0.2, 0.25) is 0 Å². The van der Waals surface area contributed by atoms with E-state index in [0.29, 0.717) is 19.5 Å². The number of urea groups is 1. The fourth-order valence-corrected chi connectivity index (χ4v) is 3.99. The lowest BCUT2D eigenvalue weighted by atomic mass is 10.0. The highest BCUT2D eigenvalue weighted by molar-refractivity contribution is 6.03. The topological polar surface area (TPSA) is 63.2 Å². The van der Waals surface area contributed by atoms with Gasteiger partial charge < -0.3 is 19.8 Å². The summed E-state index contributed by atoms with van der Waals surface area (Å²) in [4.78, 5) is 20.7. The Bertz CT molecular complexity index is 1190. The molecule has 2 amide bonds. The number of hydrogen-bond acceptors (Lipinski definition) is 4. The molecule has 0 saturated carbocycles. The molecule has 0 fully saturated rings. The first-order valence-electron chi connectivity index (χ1n) is 11.2. The fraction of sp³-hybridized carbons (Fsp3) is 0.259. The number of hydrogen-bond donors (Lipinski definition) is 1. The molecule has 34 heavy (non-hydrogen) atoms. The number of halogens is 1. The highest BCUT2D eigenvalue weighted by Crippen LogP contribution is 2.25. The van der Waals surface area contributed by atoms with Gasteiger partial charge in [0, 0.05) is 24.2 Å². The minimum absolute atomic E-state index is 0.259. The summed E-state index contributed by atoms with van der Waals surface area (Å²) in [6.07, 6.45) is 0.224. The van der Waals surface area contributed by atoms with Crippen LogP contribution in [0.5, 0.6) is 5.75 Å². The van der Waals surface area contributed by atoms with E-state index in [1.807, 2.05) is 56.3 Å². The van der Waals surface area contributed by atoms with Gasteiger partial charge >= 0.3 is 6.03 Å². The van der Waals surface area contributed by atoms with Crippen LogP contribution in [-0.4, -0.2) is 36.4 Å². The Hall–Kier alpha value is -3.87. The molecule has 1 N–H and O–H groups in total. The van der Waals surface area contributed by atoms with Crippen molar-refractivity contribution in [3.63, 3.8) is 0 Å². The van der Waals surface area contributed by atoms with Crippen LogP contribution in [0.1, 0.15) is 28.7 Å². The summed E-state index contributed by atoms with van der Waals surface area (Å²) in [6.45, 7) is 4.59. The zero-order valence-electron chi connectivity index (χ0n) is 19.5. The van der Waals surface area contributed by atoms with Crippen LogP contribution in [0.3, 0.4) is 0 Å². The van der Waals surface area contributed by atoms with Crippen molar-refractivity contribution in [1.29, 1.82) is 0 Å². The second kappa shape index (κ2) is 10.4. The van der Waals surface area contributed by atoms with Crippen LogP contribution < -0.4 is 10.1 Å². The predicted molar refractivity (Wildman–Crippen MR) is 131 cm³/mol. The maximum atomic E-state index is 13.4. The molecular weight excluding hydrogens is 433 g/mol. The summed E-state index contributed by atoms with van der Waals surface area (Å²) < 4.78 is 18.8. The van der Waals surface area contributed by atoms with Gasteiger partial charge in [-0.2, -0.15) is 0 Å². The molecule has 1 unspecified atom stereocenters. The number of ether oxygens (including phenoxy) is 1. The van der Waals surface area contributed by atoms with Crippen molar-refractivity contribution >= 4 is 17.4 Å². The first-order chi connectivity index (χ1) is 16.4. The molecular formula is C27H28FN3O3. The van der Waals surface area contributed by atoms with E-state index in [1.54, 1.807) is 24.1 Å². The van der Waals surface area contributed by atoms with E-state index in [0.717, 1.165) is 39.4 Å². The van der Waals surface area contributed by atoms with Crippen LogP contribution in [0.4, 0.5) is 14.9 Å². The molecule has 6 nitrogen and oxygen atoms in total. The highest BCUT2D eigenvalue weighted by atomic mass is 19.1. The van der Waals surface area contributed by atoms with Gasteiger partial charge in [0.15, 0.2) is 6.10 Å². The van der Waals surface area contributed by atoms with E-state index in [-0.39, 0.29) is 18.0 Å². The van der Waals surface area contributed by atoms with Gasteiger partial charge in [-0.15, -0.1) is 0 Å². The maximum Gasteiger partial charge on any atom is 0.322 e. The van der Waals surface area contributed by atoms with Crippen molar-refractivity contribution in [2.75, 3.05) is 19.0 Å². The standard InChI is InChI=1S/C27H28FN3O3/c1-18-8-13-24(19(2)14-18)29-27(32)31(16-20-9-11-21(28)12-10-20)17-22-15-25(30-34-22)23-6-4-5-7-26(23)33-3/h4-14,22H,15-17H2,1-3H3,(H,29,32). The molecule has 0 saturated heterocycles. The number of anilines is 1. The number of benzene rings is 3. The Kier molecular flexibility index (Phi) is 7.11. The van der Waals surface area contributed by atoms with Crippen molar-refractivity contribution in [1.82, 2.24) is 4.90 Å². The SMILES string of the molecule is COc1ccccc1C1=NOC(CN(Cc2ccc(F)cc2)C(=O)Nc2ccc(C)cc2C)C1. The zero-order valence-corrected chi connectivity index (χ0v) is 19.5. The predicted octanol–water partition coefficient (Wildman–Crippen LogP) is 5.68. The first-order valence-corrected chi connectivity index (χ1v) is 11.2. The van der Waals surface area contributed by atoms with E-state index in [2.05, 4.69) is 10.5 Å². The van der Waals surface area contributed by atoms with Gasteiger partial charge in [-0.3, -0.25) is 0 Å². The van der Waals surface area contributed by atoms with Crippen LogP contribution in [0.15, 0.2) is 71.9 Å². The van der Waals surface area contributed by atoms with Gasteiger partial charge in [0.05, 0.1) is 19.4 Å². The molecule has 0 radical (unpaired) electrons. The lowest BCUT2D eigenvalue weighted by Gasteiger charge is -2.26. The van der Waals surface area contributed by atoms with Crippen molar-refractivity contribution < 1.29 is 18.8 Å². The smallest absolute Gasteiger partial charge is 0.322 e. The Balaban J connectivity index is 1.50. The Labute approximate surface area is 199 Å². The van der Waals surface area contributed by atoms with E-state index in [1.165, 1.54) is 12.1 Å². The number of nitrogens with one attached hydrogen (secondary N) is 1. The fourth-order valence-electron chi connectivity index (χ4n) is 3.99. The number of carbonyl (C=O) groups is 1. The normalized spacial score (nSPS) is 14.8. The van der Waals surface area contributed by atoms with Crippen molar-refractivity contribution in [3.8, 4) is 5.75 Å². The minimum atomic E-state index is -0.316. The summed E-state index contributed by atoms with van der Waals surface area (Å²) in [5.41, 5.74) is 5.32. The molecule has 176 valence electrons.